The second kappa shape index (κ2) is 11.9. The lowest BCUT2D eigenvalue weighted by Gasteiger charge is -2.36. The summed E-state index contributed by atoms with van der Waals surface area (Å²) < 4.78 is 32.4. The molecule has 0 atom stereocenters. The largest absolute Gasteiger partial charge is 0.318 e. The monoisotopic (exact) mass is 622 g/mol. The minimum Gasteiger partial charge on any atom is -0.318 e. The second-order valence-electron chi connectivity index (χ2n) is 14.5. The van der Waals surface area contributed by atoms with E-state index in [0.29, 0.717) is 0 Å². The Hall–Kier alpha value is -2.14. The van der Waals surface area contributed by atoms with Crippen LogP contribution in [0.25, 0.3) is 32.7 Å². The van der Waals surface area contributed by atoms with Gasteiger partial charge in [0.25, 0.3) is 0 Å². The zero-order valence-corrected chi connectivity index (χ0v) is 28.1. The van der Waals surface area contributed by atoms with Crippen molar-refractivity contribution < 1.29 is 9.13 Å². The van der Waals surface area contributed by atoms with E-state index in [1.54, 1.807) is 0 Å². The summed E-state index contributed by atoms with van der Waals surface area (Å²) in [4.78, 5) is 0. The lowest BCUT2D eigenvalue weighted by molar-refractivity contribution is 0.557. The van der Waals surface area contributed by atoms with Crippen LogP contribution >= 0.6 is 14.3 Å². The zero-order chi connectivity index (χ0) is 29.7. The first-order chi connectivity index (χ1) is 21.6. The van der Waals surface area contributed by atoms with Crippen molar-refractivity contribution in [3.05, 3.63) is 72.8 Å². The lowest BCUT2D eigenvalue weighted by Crippen LogP contribution is -2.29. The van der Waals surface area contributed by atoms with Crippen molar-refractivity contribution in [2.45, 2.75) is 125 Å². The normalized spacial score (nSPS) is 21.4. The Morgan fingerprint density at radius 1 is 0.386 bits per heavy atom. The lowest BCUT2D eigenvalue weighted by atomic mass is 9.93. The standard InChI is InChI=1S/C40H48O2P2/c41-43(31-15-3-4-16-31,32-17-5-6-18-32)37-27-25-29-13-1-11-23-35(29)39(37)40-36-24-12-2-14-30(36)26-28-38(40)44(42,33-19-7-8-20-33)34-21-9-10-22-34/h1-2,11-14,23-28,31-34H,3-10,15-22H2. The molecule has 0 amide bonds. The number of rotatable bonds is 7. The Kier molecular flexibility index (Phi) is 7.92. The van der Waals surface area contributed by atoms with E-state index in [2.05, 4.69) is 72.8 Å². The molecule has 0 N–H and O–H groups in total. The molecule has 0 unspecified atom stereocenters. The van der Waals surface area contributed by atoms with Gasteiger partial charge in [-0.2, -0.15) is 0 Å². The molecule has 44 heavy (non-hydrogen) atoms. The minimum atomic E-state index is -2.76. The molecular formula is C40H48O2P2. The summed E-state index contributed by atoms with van der Waals surface area (Å²) in [5.74, 6) is 0. The molecule has 4 aromatic carbocycles. The van der Waals surface area contributed by atoms with Crippen LogP contribution in [0.5, 0.6) is 0 Å². The molecule has 0 bridgehead atoms. The third kappa shape index (κ3) is 4.64. The third-order valence-corrected chi connectivity index (χ3v) is 20.9. The fraction of sp³-hybridized carbons (Fsp3) is 0.500. The molecule has 0 spiro atoms. The van der Waals surface area contributed by atoms with Crippen LogP contribution in [0.1, 0.15) is 103 Å². The quantitative estimate of drug-likeness (QED) is 0.192. The molecule has 4 heteroatoms. The van der Waals surface area contributed by atoms with Crippen molar-refractivity contribution >= 4 is 46.4 Å². The minimum absolute atomic E-state index is 0.278. The Morgan fingerprint density at radius 3 is 1.00 bits per heavy atom. The molecule has 2 nitrogen and oxygen atoms in total. The smallest absolute Gasteiger partial charge is 0.122 e. The van der Waals surface area contributed by atoms with Gasteiger partial charge in [-0.1, -0.05) is 124 Å². The number of benzene rings is 4. The van der Waals surface area contributed by atoms with Crippen LogP contribution in [0.3, 0.4) is 0 Å². The van der Waals surface area contributed by atoms with E-state index in [1.165, 1.54) is 84.0 Å². The van der Waals surface area contributed by atoms with Gasteiger partial charge in [0.05, 0.1) is 0 Å². The summed E-state index contributed by atoms with van der Waals surface area (Å²) in [5.41, 5.74) is 3.46. The second-order valence-corrected chi connectivity index (χ2v) is 21.3. The maximum Gasteiger partial charge on any atom is 0.122 e. The van der Waals surface area contributed by atoms with E-state index >= 15 is 9.13 Å². The van der Waals surface area contributed by atoms with Crippen LogP contribution in [-0.4, -0.2) is 22.6 Å². The maximum absolute atomic E-state index is 16.2. The Bertz CT molecular complexity index is 1590. The van der Waals surface area contributed by atoms with Crippen LogP contribution in [0.15, 0.2) is 72.8 Å². The number of fused-ring (bicyclic) bond motifs is 2. The van der Waals surface area contributed by atoms with Gasteiger partial charge in [-0.25, -0.2) is 0 Å². The van der Waals surface area contributed by atoms with Gasteiger partial charge in [0.1, 0.15) is 14.3 Å². The van der Waals surface area contributed by atoms with Gasteiger partial charge in [0, 0.05) is 44.4 Å². The van der Waals surface area contributed by atoms with Gasteiger partial charge in [0.15, 0.2) is 0 Å². The summed E-state index contributed by atoms with van der Waals surface area (Å²) in [6.45, 7) is 0. The molecule has 0 saturated heterocycles. The van der Waals surface area contributed by atoms with Gasteiger partial charge in [-0.3, -0.25) is 0 Å². The molecule has 4 fully saturated rings. The highest BCUT2D eigenvalue weighted by Crippen LogP contribution is 2.67. The zero-order valence-electron chi connectivity index (χ0n) is 26.3. The van der Waals surface area contributed by atoms with Crippen LogP contribution in [0.2, 0.25) is 0 Å². The van der Waals surface area contributed by atoms with Crippen molar-refractivity contribution in [2.24, 2.45) is 0 Å². The first-order valence-electron chi connectivity index (χ1n) is 17.8. The highest BCUT2D eigenvalue weighted by Gasteiger charge is 2.48. The number of hydrogen-bond acceptors (Lipinski definition) is 2. The van der Waals surface area contributed by atoms with E-state index in [-0.39, 0.29) is 22.6 Å². The van der Waals surface area contributed by atoms with Crippen LogP contribution in [0, 0.1) is 0 Å². The van der Waals surface area contributed by atoms with Gasteiger partial charge >= 0.3 is 0 Å². The molecule has 4 saturated carbocycles. The Morgan fingerprint density at radius 2 is 0.682 bits per heavy atom. The molecule has 0 aromatic heterocycles. The van der Waals surface area contributed by atoms with E-state index < -0.39 is 14.3 Å². The molecule has 230 valence electrons. The average molecular weight is 623 g/mol. The number of hydrogen-bond donors (Lipinski definition) is 0. The van der Waals surface area contributed by atoms with E-state index in [4.69, 9.17) is 0 Å². The first-order valence-corrected chi connectivity index (χ1v) is 21.5. The van der Waals surface area contributed by atoms with Crippen molar-refractivity contribution in [3.63, 3.8) is 0 Å². The summed E-state index contributed by atoms with van der Waals surface area (Å²) in [6.07, 6.45) is 18.3. The van der Waals surface area contributed by atoms with E-state index in [0.717, 1.165) is 62.0 Å². The molecular weight excluding hydrogens is 574 g/mol. The fourth-order valence-corrected chi connectivity index (χ4v) is 19.2. The molecule has 4 aliphatic rings. The molecule has 0 radical (unpaired) electrons. The van der Waals surface area contributed by atoms with Crippen LogP contribution in [0.4, 0.5) is 0 Å². The maximum atomic E-state index is 16.2. The third-order valence-electron chi connectivity index (χ3n) is 12.3. The summed E-state index contributed by atoms with van der Waals surface area (Å²) in [5, 5.41) is 7.04. The highest BCUT2D eigenvalue weighted by molar-refractivity contribution is 7.74. The Labute approximate surface area is 264 Å². The van der Waals surface area contributed by atoms with Crippen molar-refractivity contribution in [1.29, 1.82) is 0 Å². The van der Waals surface area contributed by atoms with E-state index in [1.807, 2.05) is 0 Å². The van der Waals surface area contributed by atoms with Gasteiger partial charge in [-0.05, 0) is 72.9 Å². The topological polar surface area (TPSA) is 34.1 Å². The van der Waals surface area contributed by atoms with E-state index in [9.17, 15) is 0 Å². The fourth-order valence-electron chi connectivity index (χ4n) is 10.2. The predicted molar refractivity (Wildman–Crippen MR) is 190 cm³/mol. The van der Waals surface area contributed by atoms with Crippen molar-refractivity contribution in [2.75, 3.05) is 0 Å². The molecule has 0 heterocycles. The van der Waals surface area contributed by atoms with Gasteiger partial charge in [0.2, 0.25) is 0 Å². The molecule has 4 aliphatic carbocycles. The van der Waals surface area contributed by atoms with Gasteiger partial charge < -0.3 is 9.13 Å². The summed E-state index contributed by atoms with van der Waals surface area (Å²) in [7, 11) is -5.53. The van der Waals surface area contributed by atoms with Crippen LogP contribution in [-0.2, 0) is 9.13 Å². The van der Waals surface area contributed by atoms with Crippen LogP contribution < -0.4 is 10.6 Å². The molecule has 4 aromatic rings. The highest BCUT2D eigenvalue weighted by atomic mass is 31.2. The van der Waals surface area contributed by atoms with Crippen molar-refractivity contribution in [1.82, 2.24) is 0 Å². The Balaban J connectivity index is 1.49. The first kappa shape index (κ1) is 29.3. The van der Waals surface area contributed by atoms with Gasteiger partial charge in [-0.15, -0.1) is 0 Å². The van der Waals surface area contributed by atoms with Crippen molar-refractivity contribution in [3.8, 4) is 11.1 Å². The average Bonchev–Trinajstić information content (AvgIpc) is 3.91. The summed E-state index contributed by atoms with van der Waals surface area (Å²) in [6, 6.07) is 26.6. The predicted octanol–water partition coefficient (Wildman–Crippen LogP) is 11.4. The molecule has 8 rings (SSSR count). The summed E-state index contributed by atoms with van der Waals surface area (Å²) >= 11 is 0. The molecule has 0 aliphatic heterocycles. The SMILES string of the molecule is O=P(c1ccc2ccccc2c1-c1c(P(=O)(C2CCCC2)C2CCCC2)ccc2ccccc12)(C1CCCC1)C1CCCC1.